The Labute approximate surface area is 114 Å². The average Bonchev–Trinajstić information content (AvgIpc) is 2.81. The number of hydrogen-bond acceptors (Lipinski definition) is 4. The molecule has 1 aromatic carbocycles. The van der Waals surface area contributed by atoms with Crippen LogP contribution < -0.4 is 10.5 Å². The zero-order valence-electron chi connectivity index (χ0n) is 11.0. The van der Waals surface area contributed by atoms with Gasteiger partial charge in [-0.25, -0.2) is 8.42 Å². The Hall–Kier alpha value is -1.11. The predicted molar refractivity (Wildman–Crippen MR) is 75.4 cm³/mol. The summed E-state index contributed by atoms with van der Waals surface area (Å²) >= 11 is 0. The summed E-state index contributed by atoms with van der Waals surface area (Å²) in [7, 11) is -3.36. The Kier molecular flexibility index (Phi) is 4.44. The van der Waals surface area contributed by atoms with Crippen molar-refractivity contribution in [2.75, 3.05) is 17.1 Å². The summed E-state index contributed by atoms with van der Waals surface area (Å²) in [5.41, 5.74) is 7.28. The van der Waals surface area contributed by atoms with Gasteiger partial charge in [0.05, 0.1) is 11.9 Å². The number of anilines is 1. The molecule has 2 unspecified atom stereocenters. The highest BCUT2D eigenvalue weighted by Gasteiger charge is 2.23. The third-order valence-corrected chi connectivity index (χ3v) is 4.50. The molecule has 0 aromatic heterocycles. The van der Waals surface area contributed by atoms with Crippen LogP contribution in [0.15, 0.2) is 24.3 Å². The average molecular weight is 284 g/mol. The zero-order valence-corrected chi connectivity index (χ0v) is 11.8. The Morgan fingerprint density at radius 1 is 1.42 bits per heavy atom. The number of benzene rings is 1. The first-order valence-electron chi connectivity index (χ1n) is 6.44. The molecule has 0 saturated carbocycles. The molecule has 2 rings (SSSR count). The highest BCUT2D eigenvalue weighted by molar-refractivity contribution is 7.92. The summed E-state index contributed by atoms with van der Waals surface area (Å²) in [4.78, 5) is 0. The summed E-state index contributed by atoms with van der Waals surface area (Å²) in [5.74, 6) is 0.0159. The van der Waals surface area contributed by atoms with Gasteiger partial charge in [0.25, 0.3) is 0 Å². The van der Waals surface area contributed by atoms with E-state index in [1.165, 1.54) is 0 Å². The van der Waals surface area contributed by atoms with Gasteiger partial charge in [-0.15, -0.1) is 0 Å². The van der Waals surface area contributed by atoms with Gasteiger partial charge in [-0.1, -0.05) is 12.1 Å². The van der Waals surface area contributed by atoms with Crippen LogP contribution in [0.5, 0.6) is 0 Å². The van der Waals surface area contributed by atoms with Crippen molar-refractivity contribution in [3.8, 4) is 0 Å². The molecule has 1 saturated heterocycles. The van der Waals surface area contributed by atoms with Crippen molar-refractivity contribution in [1.82, 2.24) is 0 Å². The van der Waals surface area contributed by atoms with Crippen LogP contribution in [0.25, 0.3) is 0 Å². The number of nitrogens with two attached hydrogens (primary N) is 1. The standard InChI is InChI=1S/C13H20N2O3S/c1-10(14)11-4-6-12(7-5-11)15-19(16,17)9-13-3-2-8-18-13/h4-7,10,13,15H,2-3,8-9,14H2,1H3. The van der Waals surface area contributed by atoms with E-state index in [0.717, 1.165) is 18.4 Å². The van der Waals surface area contributed by atoms with Crippen LogP contribution in [0.3, 0.4) is 0 Å². The lowest BCUT2D eigenvalue weighted by Gasteiger charge is -2.13. The second-order valence-corrected chi connectivity index (χ2v) is 6.70. The molecular formula is C13H20N2O3S. The van der Waals surface area contributed by atoms with Crippen LogP contribution in [-0.4, -0.2) is 26.9 Å². The molecule has 0 spiro atoms. The second-order valence-electron chi connectivity index (χ2n) is 4.93. The van der Waals surface area contributed by atoms with Gasteiger partial charge in [0.15, 0.2) is 0 Å². The minimum absolute atomic E-state index is 0.0159. The fourth-order valence-electron chi connectivity index (χ4n) is 2.10. The molecule has 3 N–H and O–H groups in total. The molecule has 1 aromatic rings. The third-order valence-electron chi connectivity index (χ3n) is 3.14. The van der Waals surface area contributed by atoms with E-state index in [0.29, 0.717) is 12.3 Å². The molecule has 1 heterocycles. The van der Waals surface area contributed by atoms with Gasteiger partial charge in [0, 0.05) is 18.3 Å². The minimum atomic E-state index is -3.36. The summed E-state index contributed by atoms with van der Waals surface area (Å²) in [5, 5.41) is 0. The number of nitrogens with one attached hydrogen (secondary N) is 1. The number of sulfonamides is 1. The quantitative estimate of drug-likeness (QED) is 0.861. The summed E-state index contributed by atoms with van der Waals surface area (Å²) < 4.78 is 31.8. The monoisotopic (exact) mass is 284 g/mol. The van der Waals surface area contributed by atoms with E-state index in [4.69, 9.17) is 10.5 Å². The Balaban J connectivity index is 1.98. The highest BCUT2D eigenvalue weighted by atomic mass is 32.2. The van der Waals surface area contributed by atoms with Crippen LogP contribution >= 0.6 is 0 Å². The number of hydrogen-bond donors (Lipinski definition) is 2. The molecule has 0 bridgehead atoms. The maximum atomic E-state index is 12.0. The SMILES string of the molecule is CC(N)c1ccc(NS(=O)(=O)CC2CCCO2)cc1. The molecule has 2 atom stereocenters. The van der Waals surface area contributed by atoms with E-state index in [1.54, 1.807) is 12.1 Å². The molecule has 19 heavy (non-hydrogen) atoms. The second kappa shape index (κ2) is 5.90. The molecule has 1 aliphatic rings. The van der Waals surface area contributed by atoms with Crippen molar-refractivity contribution in [2.24, 2.45) is 5.73 Å². The molecule has 0 aliphatic carbocycles. The maximum Gasteiger partial charge on any atom is 0.235 e. The third kappa shape index (κ3) is 4.19. The molecule has 6 heteroatoms. The molecular weight excluding hydrogens is 264 g/mol. The summed E-state index contributed by atoms with van der Waals surface area (Å²) in [6.07, 6.45) is 1.56. The van der Waals surface area contributed by atoms with E-state index >= 15 is 0 Å². The lowest BCUT2D eigenvalue weighted by molar-refractivity contribution is 0.127. The molecule has 0 amide bonds. The van der Waals surface area contributed by atoms with E-state index in [-0.39, 0.29) is 17.9 Å². The first-order valence-corrected chi connectivity index (χ1v) is 8.09. The topological polar surface area (TPSA) is 81.4 Å². The van der Waals surface area contributed by atoms with Gasteiger partial charge >= 0.3 is 0 Å². The van der Waals surface area contributed by atoms with Crippen molar-refractivity contribution in [2.45, 2.75) is 31.9 Å². The first-order chi connectivity index (χ1) is 8.96. The van der Waals surface area contributed by atoms with E-state index in [1.807, 2.05) is 19.1 Å². The van der Waals surface area contributed by atoms with Crippen molar-refractivity contribution in [3.05, 3.63) is 29.8 Å². The Bertz CT molecular complexity index is 505. The maximum absolute atomic E-state index is 12.0. The van der Waals surface area contributed by atoms with Crippen molar-refractivity contribution in [1.29, 1.82) is 0 Å². The van der Waals surface area contributed by atoms with Crippen molar-refractivity contribution >= 4 is 15.7 Å². The summed E-state index contributed by atoms with van der Waals surface area (Å²) in [6, 6.07) is 7.05. The zero-order chi connectivity index (χ0) is 13.9. The summed E-state index contributed by atoms with van der Waals surface area (Å²) in [6.45, 7) is 2.54. The van der Waals surface area contributed by atoms with Crippen LogP contribution in [0.4, 0.5) is 5.69 Å². The van der Waals surface area contributed by atoms with Gasteiger partial charge < -0.3 is 10.5 Å². The van der Waals surface area contributed by atoms with E-state index in [9.17, 15) is 8.42 Å². The van der Waals surface area contributed by atoms with E-state index in [2.05, 4.69) is 4.72 Å². The van der Waals surface area contributed by atoms with E-state index < -0.39 is 10.0 Å². The van der Waals surface area contributed by atoms with Gasteiger partial charge in [-0.2, -0.15) is 0 Å². The highest BCUT2D eigenvalue weighted by Crippen LogP contribution is 2.18. The van der Waals surface area contributed by atoms with Gasteiger partial charge in [0.2, 0.25) is 10.0 Å². The number of ether oxygens (including phenoxy) is 1. The predicted octanol–water partition coefficient (Wildman–Crippen LogP) is 1.63. The molecule has 0 radical (unpaired) electrons. The van der Waals surface area contributed by atoms with Gasteiger partial charge in [0.1, 0.15) is 0 Å². The normalized spacial score (nSPS) is 21.3. The fourth-order valence-corrected chi connectivity index (χ4v) is 3.43. The van der Waals surface area contributed by atoms with Crippen molar-refractivity contribution in [3.63, 3.8) is 0 Å². The molecule has 1 aliphatic heterocycles. The van der Waals surface area contributed by atoms with Crippen molar-refractivity contribution < 1.29 is 13.2 Å². The van der Waals surface area contributed by atoms with Crippen LogP contribution in [0.1, 0.15) is 31.4 Å². The number of rotatable bonds is 5. The molecule has 106 valence electrons. The van der Waals surface area contributed by atoms with Crippen LogP contribution in [-0.2, 0) is 14.8 Å². The largest absolute Gasteiger partial charge is 0.377 e. The first kappa shape index (κ1) is 14.3. The smallest absolute Gasteiger partial charge is 0.235 e. The van der Waals surface area contributed by atoms with Gasteiger partial charge in [-0.3, -0.25) is 4.72 Å². The fraction of sp³-hybridized carbons (Fsp3) is 0.538. The van der Waals surface area contributed by atoms with Gasteiger partial charge in [-0.05, 0) is 37.5 Å². The van der Waals surface area contributed by atoms with Crippen LogP contribution in [0.2, 0.25) is 0 Å². The lowest BCUT2D eigenvalue weighted by Crippen LogP contribution is -2.25. The minimum Gasteiger partial charge on any atom is -0.377 e. The lowest BCUT2D eigenvalue weighted by atomic mass is 10.1. The Morgan fingerprint density at radius 2 is 2.11 bits per heavy atom. The molecule has 5 nitrogen and oxygen atoms in total. The Morgan fingerprint density at radius 3 is 2.63 bits per heavy atom. The molecule has 1 fully saturated rings. The van der Waals surface area contributed by atoms with Crippen LogP contribution in [0, 0.1) is 0 Å².